The molecule has 0 spiro atoms. The molecule has 7 heteroatoms. The zero-order valence-electron chi connectivity index (χ0n) is 12.0. The second-order valence-electron chi connectivity index (χ2n) is 4.64. The minimum Gasteiger partial charge on any atom is -0.449 e. The predicted octanol–water partition coefficient (Wildman–Crippen LogP) is 3.80. The van der Waals surface area contributed by atoms with E-state index in [1.54, 1.807) is 0 Å². The molecule has 2 aromatic carbocycles. The molecule has 0 unspecified atom stereocenters. The second-order valence-corrected chi connectivity index (χ2v) is 5.08. The van der Waals surface area contributed by atoms with Gasteiger partial charge in [0.15, 0.2) is 6.10 Å². The molecule has 0 radical (unpaired) electrons. The number of benzene rings is 2. The summed E-state index contributed by atoms with van der Waals surface area (Å²) in [7, 11) is 0. The van der Waals surface area contributed by atoms with Gasteiger partial charge >= 0.3 is 5.97 Å². The molecule has 2 rings (SSSR count). The molecule has 0 saturated heterocycles. The maximum Gasteiger partial charge on any atom is 0.341 e. The van der Waals surface area contributed by atoms with Crippen LogP contribution in [0.2, 0.25) is 5.02 Å². The van der Waals surface area contributed by atoms with Gasteiger partial charge in [-0.05, 0) is 37.3 Å². The number of anilines is 1. The normalized spacial score (nSPS) is 11.7. The van der Waals surface area contributed by atoms with Crippen molar-refractivity contribution in [3.63, 3.8) is 0 Å². The van der Waals surface area contributed by atoms with E-state index in [-0.39, 0.29) is 16.3 Å². The van der Waals surface area contributed by atoms with Crippen LogP contribution in [-0.4, -0.2) is 18.0 Å². The molecule has 120 valence electrons. The molecule has 0 aromatic heterocycles. The Hall–Kier alpha value is -2.47. The van der Waals surface area contributed by atoms with Gasteiger partial charge in [0.2, 0.25) is 0 Å². The van der Waals surface area contributed by atoms with E-state index >= 15 is 0 Å². The average Bonchev–Trinajstić information content (AvgIpc) is 2.50. The number of esters is 1. The highest BCUT2D eigenvalue weighted by atomic mass is 35.5. The molecular formula is C16H12ClF2NO3. The Balaban J connectivity index is 2.03. The molecule has 0 saturated carbocycles. The Morgan fingerprint density at radius 2 is 1.83 bits per heavy atom. The third kappa shape index (κ3) is 4.26. The lowest BCUT2D eigenvalue weighted by Gasteiger charge is -2.14. The summed E-state index contributed by atoms with van der Waals surface area (Å²) in [6.07, 6.45) is -1.24. The molecule has 2 aromatic rings. The van der Waals surface area contributed by atoms with Crippen molar-refractivity contribution >= 4 is 29.2 Å². The number of halogens is 3. The van der Waals surface area contributed by atoms with Crippen LogP contribution in [0.4, 0.5) is 14.5 Å². The maximum absolute atomic E-state index is 13.6. The van der Waals surface area contributed by atoms with Crippen LogP contribution in [0.5, 0.6) is 0 Å². The smallest absolute Gasteiger partial charge is 0.341 e. The number of hydrogen-bond donors (Lipinski definition) is 1. The lowest BCUT2D eigenvalue weighted by atomic mass is 10.2. The summed E-state index contributed by atoms with van der Waals surface area (Å²) in [4.78, 5) is 23.7. The maximum atomic E-state index is 13.6. The zero-order chi connectivity index (χ0) is 17.0. The van der Waals surface area contributed by atoms with Gasteiger partial charge in [0.1, 0.15) is 11.6 Å². The Morgan fingerprint density at radius 1 is 1.13 bits per heavy atom. The lowest BCUT2D eigenvalue weighted by molar-refractivity contribution is -0.123. The van der Waals surface area contributed by atoms with Crippen LogP contribution >= 0.6 is 11.6 Å². The van der Waals surface area contributed by atoms with Crippen molar-refractivity contribution in [2.24, 2.45) is 0 Å². The van der Waals surface area contributed by atoms with Gasteiger partial charge in [0.05, 0.1) is 11.3 Å². The summed E-state index contributed by atoms with van der Waals surface area (Å²) in [6.45, 7) is 1.29. The van der Waals surface area contributed by atoms with E-state index in [4.69, 9.17) is 16.3 Å². The first kappa shape index (κ1) is 16.9. The minimum atomic E-state index is -1.24. The number of hydrogen-bond acceptors (Lipinski definition) is 3. The van der Waals surface area contributed by atoms with Gasteiger partial charge in [-0.3, -0.25) is 4.79 Å². The molecule has 1 atom stereocenters. The second kappa shape index (κ2) is 7.19. The summed E-state index contributed by atoms with van der Waals surface area (Å²) in [5.41, 5.74) is -0.391. The first-order chi connectivity index (χ1) is 10.9. The Bertz CT molecular complexity index is 752. The lowest BCUT2D eigenvalue weighted by Crippen LogP contribution is -2.30. The Kier molecular flexibility index (Phi) is 5.28. The molecule has 0 aliphatic rings. The van der Waals surface area contributed by atoms with Crippen LogP contribution in [0.25, 0.3) is 0 Å². The Morgan fingerprint density at radius 3 is 2.48 bits per heavy atom. The van der Waals surface area contributed by atoms with Gasteiger partial charge < -0.3 is 10.1 Å². The number of carbonyl (C=O) groups is 2. The highest BCUT2D eigenvalue weighted by Gasteiger charge is 2.21. The molecule has 1 amide bonds. The van der Waals surface area contributed by atoms with Gasteiger partial charge in [-0.2, -0.15) is 0 Å². The minimum absolute atomic E-state index is 0.104. The molecular weight excluding hydrogens is 328 g/mol. The van der Waals surface area contributed by atoms with Crippen molar-refractivity contribution in [2.45, 2.75) is 13.0 Å². The summed E-state index contributed by atoms with van der Waals surface area (Å²) in [5, 5.41) is 2.45. The first-order valence-corrected chi connectivity index (χ1v) is 6.97. The highest BCUT2D eigenvalue weighted by Crippen LogP contribution is 2.19. The van der Waals surface area contributed by atoms with Crippen LogP contribution in [-0.2, 0) is 9.53 Å². The van der Waals surface area contributed by atoms with Crippen LogP contribution in [0.1, 0.15) is 17.3 Å². The van der Waals surface area contributed by atoms with Crippen molar-refractivity contribution in [2.75, 3.05) is 5.32 Å². The van der Waals surface area contributed by atoms with Gasteiger partial charge in [-0.15, -0.1) is 0 Å². The average molecular weight is 340 g/mol. The van der Waals surface area contributed by atoms with E-state index in [2.05, 4.69) is 5.32 Å². The predicted molar refractivity (Wildman–Crippen MR) is 81.3 cm³/mol. The largest absolute Gasteiger partial charge is 0.449 e. The van der Waals surface area contributed by atoms with E-state index in [9.17, 15) is 18.4 Å². The van der Waals surface area contributed by atoms with Gasteiger partial charge in [-0.25, -0.2) is 13.6 Å². The molecule has 0 heterocycles. The molecule has 0 aliphatic heterocycles. The van der Waals surface area contributed by atoms with E-state index in [1.165, 1.54) is 37.3 Å². The monoisotopic (exact) mass is 339 g/mol. The van der Waals surface area contributed by atoms with E-state index in [1.807, 2.05) is 0 Å². The van der Waals surface area contributed by atoms with Gasteiger partial charge in [0, 0.05) is 5.02 Å². The first-order valence-electron chi connectivity index (χ1n) is 6.60. The third-order valence-corrected chi connectivity index (χ3v) is 3.17. The summed E-state index contributed by atoms with van der Waals surface area (Å²) >= 11 is 5.61. The molecule has 0 fully saturated rings. The zero-order valence-corrected chi connectivity index (χ0v) is 12.7. The number of rotatable bonds is 4. The van der Waals surface area contributed by atoms with Crippen molar-refractivity contribution < 1.29 is 23.1 Å². The number of carbonyl (C=O) groups excluding carboxylic acids is 2. The van der Waals surface area contributed by atoms with E-state index in [0.717, 1.165) is 12.1 Å². The van der Waals surface area contributed by atoms with E-state index in [0.29, 0.717) is 0 Å². The number of amides is 1. The van der Waals surface area contributed by atoms with Gasteiger partial charge in [0.25, 0.3) is 5.91 Å². The summed E-state index contributed by atoms with van der Waals surface area (Å²) in [5.74, 6) is -3.22. The van der Waals surface area contributed by atoms with Crippen molar-refractivity contribution in [3.8, 4) is 0 Å². The van der Waals surface area contributed by atoms with Gasteiger partial charge in [-0.1, -0.05) is 23.7 Å². The topological polar surface area (TPSA) is 55.4 Å². The van der Waals surface area contributed by atoms with Crippen LogP contribution < -0.4 is 5.32 Å². The quantitative estimate of drug-likeness (QED) is 0.862. The Labute approximate surface area is 136 Å². The van der Waals surface area contributed by atoms with Crippen LogP contribution in [0.15, 0.2) is 42.5 Å². The number of nitrogens with one attached hydrogen (secondary N) is 1. The fourth-order valence-corrected chi connectivity index (χ4v) is 1.89. The molecule has 4 nitrogen and oxygen atoms in total. The van der Waals surface area contributed by atoms with Crippen LogP contribution in [0, 0.1) is 11.6 Å². The third-order valence-electron chi connectivity index (χ3n) is 2.94. The number of ether oxygens (including phenoxy) is 1. The van der Waals surface area contributed by atoms with Crippen molar-refractivity contribution in [3.05, 3.63) is 64.7 Å². The fraction of sp³-hybridized carbons (Fsp3) is 0.125. The van der Waals surface area contributed by atoms with Crippen molar-refractivity contribution in [1.82, 2.24) is 0 Å². The molecule has 0 bridgehead atoms. The SMILES string of the molecule is C[C@H](OC(=O)c1ccccc1F)C(=O)Nc1ccc(Cl)cc1F. The van der Waals surface area contributed by atoms with E-state index < -0.39 is 29.6 Å². The summed E-state index contributed by atoms with van der Waals surface area (Å²) < 4.78 is 31.9. The highest BCUT2D eigenvalue weighted by molar-refractivity contribution is 6.30. The van der Waals surface area contributed by atoms with Crippen LogP contribution in [0.3, 0.4) is 0 Å². The van der Waals surface area contributed by atoms with Crippen molar-refractivity contribution in [1.29, 1.82) is 0 Å². The summed E-state index contributed by atoms with van der Waals surface area (Å²) in [6, 6.07) is 8.94. The fourth-order valence-electron chi connectivity index (χ4n) is 1.73. The standard InChI is InChI=1S/C16H12ClF2NO3/c1-9(23-16(22)11-4-2-3-5-12(11)18)15(21)20-14-7-6-10(17)8-13(14)19/h2-9H,1H3,(H,20,21)/t9-/m0/s1. The molecule has 0 aliphatic carbocycles. The molecule has 23 heavy (non-hydrogen) atoms. The molecule has 1 N–H and O–H groups in total.